The van der Waals surface area contributed by atoms with E-state index in [1.54, 1.807) is 12.3 Å². The maximum absolute atomic E-state index is 13.5. The number of halogens is 1. The summed E-state index contributed by atoms with van der Waals surface area (Å²) in [6, 6.07) is 3.42. The third-order valence-electron chi connectivity index (χ3n) is 2.06. The van der Waals surface area contributed by atoms with Crippen LogP contribution in [0.1, 0.15) is 5.01 Å². The molecule has 0 radical (unpaired) electrons. The lowest BCUT2D eigenvalue weighted by Crippen LogP contribution is -1.91. The number of thiazole rings is 1. The topological polar surface area (TPSA) is 56.0 Å². The third-order valence-corrected chi connectivity index (χ3v) is 2.83. The highest BCUT2D eigenvalue weighted by atomic mass is 32.1. The molecule has 1 aromatic carbocycles. The second-order valence-corrected chi connectivity index (χ2v) is 4.24. The zero-order chi connectivity index (χ0) is 11.7. The van der Waals surface area contributed by atoms with Crippen LogP contribution in [0.4, 0.5) is 10.1 Å². The quantitative estimate of drug-likeness (QED) is 0.596. The summed E-state index contributed by atoms with van der Waals surface area (Å²) in [5.74, 6) is -0.504. The van der Waals surface area contributed by atoms with E-state index in [9.17, 15) is 14.5 Å². The number of hydrogen-bond acceptors (Lipinski definition) is 4. The van der Waals surface area contributed by atoms with Crippen molar-refractivity contribution in [2.75, 3.05) is 0 Å². The Hall–Kier alpha value is -1.82. The fourth-order valence-electron chi connectivity index (χ4n) is 1.31. The number of non-ortho nitro benzene ring substituents is 1. The van der Waals surface area contributed by atoms with Gasteiger partial charge >= 0.3 is 0 Å². The number of aryl methyl sites for hydroxylation is 1. The first-order valence-corrected chi connectivity index (χ1v) is 5.32. The zero-order valence-electron chi connectivity index (χ0n) is 8.31. The predicted octanol–water partition coefficient (Wildman–Crippen LogP) is 3.17. The van der Waals surface area contributed by atoms with Crippen LogP contribution in [0, 0.1) is 22.9 Å². The summed E-state index contributed by atoms with van der Waals surface area (Å²) in [4.78, 5) is 14.1. The number of hydrogen-bond donors (Lipinski definition) is 0. The minimum atomic E-state index is -0.553. The maximum Gasteiger partial charge on any atom is 0.270 e. The van der Waals surface area contributed by atoms with Crippen LogP contribution in [0.15, 0.2) is 23.6 Å². The number of nitro benzene ring substituents is 1. The van der Waals surface area contributed by atoms with Crippen molar-refractivity contribution >= 4 is 17.0 Å². The molecule has 0 saturated carbocycles. The summed E-state index contributed by atoms with van der Waals surface area (Å²) < 4.78 is 13.5. The van der Waals surface area contributed by atoms with E-state index in [1.807, 2.05) is 0 Å². The largest absolute Gasteiger partial charge is 0.270 e. The van der Waals surface area contributed by atoms with Gasteiger partial charge in [0.25, 0.3) is 5.69 Å². The molecule has 0 N–H and O–H groups in total. The van der Waals surface area contributed by atoms with Gasteiger partial charge in [-0.15, -0.1) is 11.3 Å². The first-order valence-electron chi connectivity index (χ1n) is 4.44. The Morgan fingerprint density at radius 1 is 1.50 bits per heavy atom. The van der Waals surface area contributed by atoms with Crippen molar-refractivity contribution in [3.05, 3.63) is 44.5 Å². The van der Waals surface area contributed by atoms with Gasteiger partial charge in [0.1, 0.15) is 5.82 Å². The van der Waals surface area contributed by atoms with Gasteiger partial charge in [0.15, 0.2) is 0 Å². The van der Waals surface area contributed by atoms with Crippen molar-refractivity contribution in [2.45, 2.75) is 6.92 Å². The molecular weight excluding hydrogens is 231 g/mol. The molecule has 1 aromatic heterocycles. The Bertz CT molecular complexity index is 554. The lowest BCUT2D eigenvalue weighted by molar-refractivity contribution is -0.384. The fourth-order valence-corrected chi connectivity index (χ4v) is 1.92. The molecule has 4 nitrogen and oxygen atoms in total. The molecule has 2 rings (SSSR count). The highest BCUT2D eigenvalue weighted by Crippen LogP contribution is 2.27. The molecule has 0 fully saturated rings. The molecule has 0 bridgehead atoms. The smallest absolute Gasteiger partial charge is 0.258 e. The molecule has 0 spiro atoms. The van der Waals surface area contributed by atoms with Crippen LogP contribution in [-0.2, 0) is 0 Å². The van der Waals surface area contributed by atoms with E-state index in [2.05, 4.69) is 4.98 Å². The van der Waals surface area contributed by atoms with Crippen LogP contribution in [0.2, 0.25) is 0 Å². The van der Waals surface area contributed by atoms with Gasteiger partial charge in [0.2, 0.25) is 0 Å². The van der Waals surface area contributed by atoms with Crippen LogP contribution >= 0.6 is 11.3 Å². The Morgan fingerprint density at radius 2 is 2.25 bits per heavy atom. The Kier molecular flexibility index (Phi) is 2.66. The second-order valence-electron chi connectivity index (χ2n) is 3.17. The minimum absolute atomic E-state index is 0.137. The van der Waals surface area contributed by atoms with E-state index in [0.29, 0.717) is 5.69 Å². The summed E-state index contributed by atoms with van der Waals surface area (Å²) in [7, 11) is 0. The van der Waals surface area contributed by atoms with Crippen molar-refractivity contribution in [1.29, 1.82) is 0 Å². The molecule has 1 heterocycles. The van der Waals surface area contributed by atoms with Crippen molar-refractivity contribution < 1.29 is 9.31 Å². The van der Waals surface area contributed by atoms with Gasteiger partial charge in [-0.1, -0.05) is 0 Å². The van der Waals surface area contributed by atoms with Crippen LogP contribution < -0.4 is 0 Å². The summed E-state index contributed by atoms with van der Waals surface area (Å²) in [6.07, 6.45) is 0. The van der Waals surface area contributed by atoms with Crippen molar-refractivity contribution in [3.63, 3.8) is 0 Å². The monoisotopic (exact) mass is 238 g/mol. The summed E-state index contributed by atoms with van der Waals surface area (Å²) >= 11 is 1.37. The first kappa shape index (κ1) is 10.7. The van der Waals surface area contributed by atoms with Gasteiger partial charge < -0.3 is 0 Å². The van der Waals surface area contributed by atoms with Crippen molar-refractivity contribution in [1.82, 2.24) is 4.98 Å². The third kappa shape index (κ3) is 1.92. The second kappa shape index (κ2) is 3.97. The molecule has 82 valence electrons. The van der Waals surface area contributed by atoms with Crippen LogP contribution in [0.3, 0.4) is 0 Å². The van der Waals surface area contributed by atoms with Crippen molar-refractivity contribution in [3.8, 4) is 11.3 Å². The van der Waals surface area contributed by atoms with Crippen LogP contribution in [0.5, 0.6) is 0 Å². The average Bonchev–Trinajstić information content (AvgIpc) is 2.65. The molecule has 0 unspecified atom stereocenters. The standard InChI is InChI=1S/C10H7FN2O2S/c1-6-12-10(5-16-6)8-4-7(13(14)15)2-3-9(8)11/h2-5H,1H3. The Morgan fingerprint density at radius 3 is 2.81 bits per heavy atom. The zero-order valence-corrected chi connectivity index (χ0v) is 9.12. The lowest BCUT2D eigenvalue weighted by Gasteiger charge is -1.99. The highest BCUT2D eigenvalue weighted by Gasteiger charge is 2.13. The molecule has 16 heavy (non-hydrogen) atoms. The van der Waals surface area contributed by atoms with Gasteiger partial charge in [0, 0.05) is 23.1 Å². The number of aromatic nitrogens is 1. The van der Waals surface area contributed by atoms with Gasteiger partial charge in [-0.3, -0.25) is 10.1 Å². The Labute approximate surface area is 94.5 Å². The average molecular weight is 238 g/mol. The van der Waals surface area contributed by atoms with E-state index < -0.39 is 10.7 Å². The number of rotatable bonds is 2. The molecule has 0 saturated heterocycles. The summed E-state index contributed by atoms with van der Waals surface area (Å²) in [5, 5.41) is 13.0. The van der Waals surface area contributed by atoms with Crippen LogP contribution in [-0.4, -0.2) is 9.91 Å². The molecule has 0 atom stereocenters. The summed E-state index contributed by atoms with van der Waals surface area (Å²) in [5.41, 5.74) is 0.462. The molecule has 0 aliphatic rings. The maximum atomic E-state index is 13.5. The van der Waals surface area contributed by atoms with Gasteiger partial charge in [0.05, 0.1) is 15.6 Å². The molecule has 0 aliphatic carbocycles. The SMILES string of the molecule is Cc1nc(-c2cc([N+](=O)[O-])ccc2F)cs1. The Balaban J connectivity index is 2.55. The van der Waals surface area contributed by atoms with E-state index >= 15 is 0 Å². The van der Waals surface area contributed by atoms with Crippen molar-refractivity contribution in [2.24, 2.45) is 0 Å². The highest BCUT2D eigenvalue weighted by molar-refractivity contribution is 7.09. The summed E-state index contributed by atoms with van der Waals surface area (Å²) in [6.45, 7) is 1.80. The predicted molar refractivity (Wildman–Crippen MR) is 58.9 cm³/mol. The van der Waals surface area contributed by atoms with Crippen LogP contribution in [0.25, 0.3) is 11.3 Å². The minimum Gasteiger partial charge on any atom is -0.258 e. The number of nitrogens with zero attached hydrogens (tertiary/aromatic N) is 2. The van der Waals surface area contributed by atoms with E-state index in [4.69, 9.17) is 0 Å². The number of nitro groups is 1. The fraction of sp³-hybridized carbons (Fsp3) is 0.100. The first-order chi connectivity index (χ1) is 7.58. The van der Waals surface area contributed by atoms with E-state index in [1.165, 1.54) is 17.4 Å². The number of benzene rings is 1. The van der Waals surface area contributed by atoms with Gasteiger partial charge in [-0.05, 0) is 13.0 Å². The van der Waals surface area contributed by atoms with Gasteiger partial charge in [-0.25, -0.2) is 9.37 Å². The van der Waals surface area contributed by atoms with E-state index in [-0.39, 0.29) is 11.3 Å². The molecule has 0 amide bonds. The molecular formula is C10H7FN2O2S. The normalized spacial score (nSPS) is 10.4. The molecule has 2 aromatic rings. The van der Waals surface area contributed by atoms with Gasteiger partial charge in [-0.2, -0.15) is 0 Å². The van der Waals surface area contributed by atoms with E-state index in [0.717, 1.165) is 17.1 Å². The lowest BCUT2D eigenvalue weighted by atomic mass is 10.1. The molecule has 6 heteroatoms. The molecule has 0 aliphatic heterocycles.